The van der Waals surface area contributed by atoms with Crippen molar-refractivity contribution >= 4 is 41.1 Å². The third-order valence-corrected chi connectivity index (χ3v) is 9.84. The molecule has 3 aromatic carbocycles. The number of nitrogens with zero attached hydrogens (tertiary/aromatic N) is 2. The van der Waals surface area contributed by atoms with Gasteiger partial charge in [0.15, 0.2) is 0 Å². The molecule has 0 saturated heterocycles. The fourth-order valence-electron chi connectivity index (χ4n) is 4.67. The van der Waals surface area contributed by atoms with Crippen LogP contribution in [0.5, 0.6) is 0 Å². The molecule has 1 N–H and O–H groups in total. The number of benzene rings is 3. The van der Waals surface area contributed by atoms with Crippen LogP contribution in [-0.4, -0.2) is 33.1 Å². The lowest BCUT2D eigenvalue weighted by Crippen LogP contribution is -2.41. The highest BCUT2D eigenvalue weighted by molar-refractivity contribution is 8.00. The fraction of sp³-hybridized carbons (Fsp3) is 0.250. The predicted molar refractivity (Wildman–Crippen MR) is 128 cm³/mol. The van der Waals surface area contributed by atoms with Crippen LogP contribution in [0.2, 0.25) is 0 Å². The van der Waals surface area contributed by atoms with Crippen LogP contribution >= 0.6 is 19.1 Å². The minimum Gasteiger partial charge on any atom is -0.378 e. The maximum Gasteiger partial charge on any atom is 0.259 e. The summed E-state index contributed by atoms with van der Waals surface area (Å²) in [6, 6.07) is 20.5. The van der Waals surface area contributed by atoms with Crippen LogP contribution in [0.3, 0.4) is 0 Å². The van der Waals surface area contributed by atoms with Crippen LogP contribution in [0.1, 0.15) is 22.3 Å². The lowest BCUT2D eigenvalue weighted by Gasteiger charge is -2.40. The summed E-state index contributed by atoms with van der Waals surface area (Å²) in [5, 5.41) is 1.11. The molecule has 30 heavy (non-hydrogen) atoms. The first-order valence-electron chi connectivity index (χ1n) is 9.97. The molecule has 0 aliphatic carbocycles. The first kappa shape index (κ1) is 19.7. The van der Waals surface area contributed by atoms with E-state index < -0.39 is 12.1 Å². The first-order chi connectivity index (χ1) is 14.3. The molecule has 0 aromatic heterocycles. The van der Waals surface area contributed by atoms with Gasteiger partial charge in [0.05, 0.1) is 4.75 Å². The summed E-state index contributed by atoms with van der Waals surface area (Å²) in [6.45, 7) is 0. The second kappa shape index (κ2) is 6.65. The Morgan fingerprint density at radius 1 is 0.833 bits per heavy atom. The van der Waals surface area contributed by atoms with Gasteiger partial charge in [-0.25, -0.2) is 0 Å². The zero-order valence-electron chi connectivity index (χ0n) is 17.6. The van der Waals surface area contributed by atoms with Crippen molar-refractivity contribution in [1.29, 1.82) is 0 Å². The van der Waals surface area contributed by atoms with E-state index in [0.29, 0.717) is 10.6 Å². The standard InChI is InChI=1S/C24H25N2O2PS/c1-25(2)17-9-11-20-22(13-17)29(27,28)23-14-18(26(3)4)10-12-21(23)24(20)19-8-6-5-7-16(19)15-30-24/h5-14H,15H2,1-4H3,(H,27,28). The maximum absolute atomic E-state index is 14.0. The van der Waals surface area contributed by atoms with Gasteiger partial charge in [0.1, 0.15) is 0 Å². The minimum absolute atomic E-state index is 0.465. The van der Waals surface area contributed by atoms with Crippen molar-refractivity contribution in [2.24, 2.45) is 0 Å². The van der Waals surface area contributed by atoms with Crippen LogP contribution in [0, 0.1) is 0 Å². The van der Waals surface area contributed by atoms with Crippen LogP contribution in [-0.2, 0) is 15.1 Å². The number of fused-ring (bicyclic) bond motifs is 6. The smallest absolute Gasteiger partial charge is 0.259 e. The van der Waals surface area contributed by atoms with E-state index in [4.69, 9.17) is 0 Å². The summed E-state index contributed by atoms with van der Waals surface area (Å²) in [5.74, 6) is 0.885. The van der Waals surface area contributed by atoms with Crippen molar-refractivity contribution in [2.45, 2.75) is 10.5 Å². The summed E-state index contributed by atoms with van der Waals surface area (Å²) in [4.78, 5) is 15.5. The van der Waals surface area contributed by atoms with Crippen LogP contribution in [0.25, 0.3) is 0 Å². The molecule has 2 aliphatic rings. The molecule has 2 heterocycles. The Bertz CT molecular complexity index is 1160. The van der Waals surface area contributed by atoms with E-state index in [1.165, 1.54) is 11.1 Å². The lowest BCUT2D eigenvalue weighted by molar-refractivity contribution is 0.499. The molecule has 0 amide bonds. The van der Waals surface area contributed by atoms with Gasteiger partial charge < -0.3 is 14.7 Å². The molecular weight excluding hydrogens is 411 g/mol. The third kappa shape index (κ3) is 2.56. The molecule has 0 atom stereocenters. The highest BCUT2D eigenvalue weighted by atomic mass is 32.2. The second-order valence-corrected chi connectivity index (χ2v) is 11.7. The number of hydrogen-bond acceptors (Lipinski definition) is 4. The summed E-state index contributed by atoms with van der Waals surface area (Å²) < 4.78 is 13.5. The monoisotopic (exact) mass is 436 g/mol. The Kier molecular flexibility index (Phi) is 4.38. The molecule has 4 nitrogen and oxygen atoms in total. The minimum atomic E-state index is -3.76. The SMILES string of the molecule is CN(C)c1ccc2c(c1)P(=O)(O)c1cc(N(C)C)ccc1C21SCc2ccccc21. The molecule has 3 aromatic rings. The van der Waals surface area contributed by atoms with Gasteiger partial charge >= 0.3 is 0 Å². The highest BCUT2D eigenvalue weighted by Gasteiger charge is 2.52. The van der Waals surface area contributed by atoms with E-state index in [2.05, 4.69) is 48.5 Å². The lowest BCUT2D eigenvalue weighted by atomic mass is 9.81. The molecule has 1 spiro atoms. The summed E-state index contributed by atoms with van der Waals surface area (Å²) in [6.07, 6.45) is 0. The summed E-state index contributed by atoms with van der Waals surface area (Å²) in [5.41, 5.74) is 6.27. The van der Waals surface area contributed by atoms with Crippen molar-refractivity contribution in [3.8, 4) is 0 Å². The van der Waals surface area contributed by atoms with E-state index in [0.717, 1.165) is 28.3 Å². The van der Waals surface area contributed by atoms with Crippen molar-refractivity contribution in [3.63, 3.8) is 0 Å². The Hall–Kier alpha value is -2.20. The molecule has 0 bridgehead atoms. The average Bonchev–Trinajstić information content (AvgIpc) is 3.12. The van der Waals surface area contributed by atoms with E-state index in [9.17, 15) is 9.46 Å². The Morgan fingerprint density at radius 2 is 1.37 bits per heavy atom. The third-order valence-electron chi connectivity index (χ3n) is 6.25. The molecule has 0 unspecified atom stereocenters. The van der Waals surface area contributed by atoms with E-state index in [1.54, 1.807) is 0 Å². The second-order valence-electron chi connectivity index (χ2n) is 8.39. The Morgan fingerprint density at radius 3 is 1.90 bits per heavy atom. The molecule has 0 fully saturated rings. The van der Waals surface area contributed by atoms with Crippen molar-refractivity contribution in [3.05, 3.63) is 82.9 Å². The Balaban J connectivity index is 1.90. The number of rotatable bonds is 2. The maximum atomic E-state index is 14.0. The fourth-order valence-corrected chi connectivity index (χ4v) is 8.48. The zero-order chi connectivity index (χ0) is 21.3. The quantitative estimate of drug-likeness (QED) is 0.618. The normalized spacial score (nSPS) is 23.6. The number of hydrogen-bond donors (Lipinski definition) is 1. The van der Waals surface area contributed by atoms with Crippen molar-refractivity contribution in [2.75, 3.05) is 38.0 Å². The first-order valence-corrected chi connectivity index (χ1v) is 12.6. The molecule has 154 valence electrons. The van der Waals surface area contributed by atoms with Gasteiger partial charge in [-0.2, -0.15) is 0 Å². The topological polar surface area (TPSA) is 43.8 Å². The van der Waals surface area contributed by atoms with Crippen molar-refractivity contribution in [1.82, 2.24) is 0 Å². The average molecular weight is 437 g/mol. The molecule has 0 radical (unpaired) electrons. The zero-order valence-corrected chi connectivity index (χ0v) is 19.3. The van der Waals surface area contributed by atoms with Gasteiger partial charge in [-0.05, 0) is 46.5 Å². The summed E-state index contributed by atoms with van der Waals surface area (Å²) in [7, 11) is 4.08. The number of anilines is 2. The number of thioether (sulfide) groups is 1. The van der Waals surface area contributed by atoms with E-state index >= 15 is 0 Å². The summed E-state index contributed by atoms with van der Waals surface area (Å²) >= 11 is 1.85. The highest BCUT2D eigenvalue weighted by Crippen LogP contribution is 2.61. The molecular formula is C24H25N2O2PS. The van der Waals surface area contributed by atoms with E-state index in [-0.39, 0.29) is 0 Å². The predicted octanol–water partition coefficient (Wildman–Crippen LogP) is 3.89. The molecule has 2 aliphatic heterocycles. The van der Waals surface area contributed by atoms with Gasteiger partial charge in [-0.3, -0.25) is 4.57 Å². The van der Waals surface area contributed by atoms with Crippen LogP contribution < -0.4 is 20.4 Å². The molecule has 6 heteroatoms. The largest absolute Gasteiger partial charge is 0.378 e. The van der Waals surface area contributed by atoms with Crippen LogP contribution in [0.15, 0.2) is 60.7 Å². The Labute approximate surface area is 182 Å². The van der Waals surface area contributed by atoms with E-state index in [1.807, 2.05) is 61.9 Å². The van der Waals surface area contributed by atoms with Gasteiger partial charge in [-0.15, -0.1) is 11.8 Å². The van der Waals surface area contributed by atoms with Crippen molar-refractivity contribution < 1.29 is 9.46 Å². The van der Waals surface area contributed by atoms with Gasteiger partial charge in [0, 0.05) is 55.9 Å². The molecule has 5 rings (SSSR count). The van der Waals surface area contributed by atoms with Gasteiger partial charge in [0.2, 0.25) is 0 Å². The van der Waals surface area contributed by atoms with Crippen LogP contribution in [0.4, 0.5) is 11.4 Å². The van der Waals surface area contributed by atoms with Gasteiger partial charge in [0.25, 0.3) is 7.37 Å². The molecule has 0 saturated carbocycles. The van der Waals surface area contributed by atoms with Gasteiger partial charge in [-0.1, -0.05) is 36.4 Å².